The smallest absolute Gasteiger partial charge is 0.0264 e. The molecule has 0 fully saturated rings. The van der Waals surface area contributed by atoms with Crippen LogP contribution in [-0.2, 0) is 0 Å². The van der Waals surface area contributed by atoms with E-state index in [0.29, 0.717) is 6.54 Å². The lowest BCUT2D eigenvalue weighted by Crippen LogP contribution is -2.16. The van der Waals surface area contributed by atoms with Crippen LogP contribution in [0.4, 0.5) is 0 Å². The largest absolute Gasteiger partial charge is 0.390 e. The van der Waals surface area contributed by atoms with Crippen molar-refractivity contribution in [2.75, 3.05) is 13.1 Å². The second-order valence-electron chi connectivity index (χ2n) is 1.93. The van der Waals surface area contributed by atoms with Crippen LogP contribution < -0.4 is 11.1 Å². The van der Waals surface area contributed by atoms with Crippen molar-refractivity contribution in [1.82, 2.24) is 5.32 Å². The number of rotatable bonds is 5. The van der Waals surface area contributed by atoms with Crippen molar-refractivity contribution in [3.8, 4) is 0 Å². The normalized spacial score (nSPS) is 10.4. The molecule has 0 aliphatic heterocycles. The molecule has 0 aromatic carbocycles. The Bertz CT molecular complexity index is 69.3. The maximum absolute atomic E-state index is 5.25. The molecule has 0 radical (unpaired) electrons. The van der Waals surface area contributed by atoms with Crippen LogP contribution in [0.1, 0.15) is 19.8 Å². The molecule has 0 saturated heterocycles. The molecular weight excluding hydrogens is 112 g/mol. The van der Waals surface area contributed by atoms with Gasteiger partial charge in [-0.05, 0) is 12.6 Å². The summed E-state index contributed by atoms with van der Waals surface area (Å²) in [6.45, 7) is 3.74. The third-order valence-corrected chi connectivity index (χ3v) is 0.980. The lowest BCUT2D eigenvalue weighted by molar-refractivity contribution is 0.833. The topological polar surface area (TPSA) is 38.0 Å². The fourth-order valence-electron chi connectivity index (χ4n) is 0.500. The van der Waals surface area contributed by atoms with Gasteiger partial charge < -0.3 is 11.1 Å². The van der Waals surface area contributed by atoms with E-state index < -0.39 is 0 Å². The van der Waals surface area contributed by atoms with E-state index in [4.69, 9.17) is 5.73 Å². The number of unbranched alkanes of at least 4 members (excludes halogenated alkanes) is 1. The van der Waals surface area contributed by atoms with Gasteiger partial charge in [0, 0.05) is 13.1 Å². The molecule has 0 aromatic heterocycles. The van der Waals surface area contributed by atoms with Crippen molar-refractivity contribution in [2.45, 2.75) is 19.8 Å². The first-order chi connectivity index (χ1) is 4.41. The first kappa shape index (κ1) is 8.50. The van der Waals surface area contributed by atoms with Crippen molar-refractivity contribution in [2.24, 2.45) is 5.73 Å². The summed E-state index contributed by atoms with van der Waals surface area (Å²) in [5, 5.41) is 3.06. The second-order valence-corrected chi connectivity index (χ2v) is 1.93. The van der Waals surface area contributed by atoms with Crippen LogP contribution in [0, 0.1) is 0 Å². The molecule has 0 bridgehead atoms. The van der Waals surface area contributed by atoms with Gasteiger partial charge in [0.1, 0.15) is 0 Å². The van der Waals surface area contributed by atoms with Crippen molar-refractivity contribution in [3.63, 3.8) is 0 Å². The monoisotopic (exact) mass is 128 g/mol. The van der Waals surface area contributed by atoms with Gasteiger partial charge in [0.05, 0.1) is 0 Å². The minimum Gasteiger partial charge on any atom is -0.390 e. The Morgan fingerprint density at radius 1 is 1.56 bits per heavy atom. The first-order valence-corrected chi connectivity index (χ1v) is 3.50. The van der Waals surface area contributed by atoms with Crippen molar-refractivity contribution in [1.29, 1.82) is 0 Å². The highest BCUT2D eigenvalue weighted by atomic mass is 14.8. The molecule has 0 spiro atoms. The molecule has 54 valence electrons. The van der Waals surface area contributed by atoms with E-state index in [-0.39, 0.29) is 0 Å². The van der Waals surface area contributed by atoms with Crippen LogP contribution in [0.5, 0.6) is 0 Å². The van der Waals surface area contributed by atoms with Crippen LogP contribution in [0.2, 0.25) is 0 Å². The standard InChI is InChI=1S/C7H16N2/c1-2-3-4-6-9-7-5-8/h4,6,9H,2-3,5,7-8H2,1H3/b6-4+. The fourth-order valence-corrected chi connectivity index (χ4v) is 0.500. The zero-order chi connectivity index (χ0) is 6.95. The highest BCUT2D eigenvalue weighted by Crippen LogP contribution is 1.85. The highest BCUT2D eigenvalue weighted by molar-refractivity contribution is 4.78. The van der Waals surface area contributed by atoms with Gasteiger partial charge in [-0.25, -0.2) is 0 Å². The maximum Gasteiger partial charge on any atom is 0.0264 e. The lowest BCUT2D eigenvalue weighted by Gasteiger charge is -1.93. The fraction of sp³-hybridized carbons (Fsp3) is 0.714. The summed E-state index contributed by atoms with van der Waals surface area (Å²) >= 11 is 0. The van der Waals surface area contributed by atoms with Gasteiger partial charge in [-0.3, -0.25) is 0 Å². The van der Waals surface area contributed by atoms with Crippen LogP contribution in [-0.4, -0.2) is 13.1 Å². The van der Waals surface area contributed by atoms with Gasteiger partial charge >= 0.3 is 0 Å². The maximum atomic E-state index is 5.25. The summed E-state index contributed by atoms with van der Waals surface area (Å²) in [5.74, 6) is 0. The number of allylic oxidation sites excluding steroid dienone is 1. The van der Waals surface area contributed by atoms with Crippen LogP contribution >= 0.6 is 0 Å². The number of nitrogens with two attached hydrogens (primary N) is 1. The van der Waals surface area contributed by atoms with E-state index in [2.05, 4.69) is 18.3 Å². The van der Waals surface area contributed by atoms with Gasteiger partial charge in [-0.1, -0.05) is 19.4 Å². The third-order valence-electron chi connectivity index (χ3n) is 0.980. The lowest BCUT2D eigenvalue weighted by atomic mass is 10.3. The Hall–Kier alpha value is -0.500. The third kappa shape index (κ3) is 7.50. The van der Waals surface area contributed by atoms with E-state index in [1.807, 2.05) is 6.20 Å². The van der Waals surface area contributed by atoms with Gasteiger partial charge in [0.25, 0.3) is 0 Å². The molecule has 0 amide bonds. The number of hydrogen-bond acceptors (Lipinski definition) is 2. The minimum atomic E-state index is 0.705. The molecule has 0 atom stereocenters. The number of hydrogen-bond donors (Lipinski definition) is 2. The summed E-state index contributed by atoms with van der Waals surface area (Å²) in [4.78, 5) is 0. The van der Waals surface area contributed by atoms with Gasteiger partial charge in [-0.2, -0.15) is 0 Å². The predicted molar refractivity (Wildman–Crippen MR) is 41.1 cm³/mol. The molecule has 0 rings (SSSR count). The van der Waals surface area contributed by atoms with E-state index in [1.165, 1.54) is 6.42 Å². The van der Waals surface area contributed by atoms with Gasteiger partial charge in [-0.15, -0.1) is 0 Å². The molecule has 0 saturated carbocycles. The molecule has 0 aliphatic carbocycles. The SMILES string of the molecule is CCC/C=C/NCCN. The molecule has 0 heterocycles. The molecule has 2 heteroatoms. The van der Waals surface area contributed by atoms with E-state index in [0.717, 1.165) is 13.0 Å². The Balaban J connectivity index is 2.86. The van der Waals surface area contributed by atoms with Crippen LogP contribution in [0.3, 0.4) is 0 Å². The van der Waals surface area contributed by atoms with E-state index >= 15 is 0 Å². The second kappa shape index (κ2) is 7.50. The Morgan fingerprint density at radius 3 is 2.89 bits per heavy atom. The van der Waals surface area contributed by atoms with Crippen LogP contribution in [0.15, 0.2) is 12.3 Å². The highest BCUT2D eigenvalue weighted by Gasteiger charge is 1.73. The summed E-state index contributed by atoms with van der Waals surface area (Å²) in [6, 6.07) is 0. The first-order valence-electron chi connectivity index (χ1n) is 3.50. The average molecular weight is 128 g/mol. The van der Waals surface area contributed by atoms with Gasteiger partial charge in [0.2, 0.25) is 0 Å². The Labute approximate surface area is 57.1 Å². The Morgan fingerprint density at radius 2 is 2.33 bits per heavy atom. The van der Waals surface area contributed by atoms with Crippen molar-refractivity contribution in [3.05, 3.63) is 12.3 Å². The van der Waals surface area contributed by atoms with E-state index in [1.54, 1.807) is 0 Å². The van der Waals surface area contributed by atoms with Crippen molar-refractivity contribution < 1.29 is 0 Å². The minimum absolute atomic E-state index is 0.705. The van der Waals surface area contributed by atoms with Crippen LogP contribution in [0.25, 0.3) is 0 Å². The predicted octanol–water partition coefficient (Wildman–Crippen LogP) is 0.849. The van der Waals surface area contributed by atoms with Crippen molar-refractivity contribution >= 4 is 0 Å². The average Bonchev–Trinajstić information content (AvgIpc) is 1.89. The van der Waals surface area contributed by atoms with E-state index in [9.17, 15) is 0 Å². The summed E-state index contributed by atoms with van der Waals surface area (Å²) in [6.07, 6.45) is 6.45. The summed E-state index contributed by atoms with van der Waals surface area (Å²) in [7, 11) is 0. The summed E-state index contributed by atoms with van der Waals surface area (Å²) < 4.78 is 0. The molecule has 3 N–H and O–H groups in total. The summed E-state index contributed by atoms with van der Waals surface area (Å²) in [5.41, 5.74) is 5.25. The Kier molecular flexibility index (Phi) is 7.08. The zero-order valence-corrected chi connectivity index (χ0v) is 6.06. The quantitative estimate of drug-likeness (QED) is 0.539. The molecule has 0 unspecified atom stereocenters. The molecule has 0 aliphatic rings. The van der Waals surface area contributed by atoms with Gasteiger partial charge in [0.15, 0.2) is 0 Å². The molecular formula is C7H16N2. The zero-order valence-electron chi connectivity index (χ0n) is 6.06. The molecule has 9 heavy (non-hydrogen) atoms. The number of nitrogens with one attached hydrogen (secondary N) is 1. The molecule has 2 nitrogen and oxygen atoms in total. The molecule has 0 aromatic rings.